The first-order chi connectivity index (χ1) is 9.74. The number of aromatic nitrogens is 2. The van der Waals surface area contributed by atoms with E-state index >= 15 is 0 Å². The number of hydrogen-bond acceptors (Lipinski definition) is 3. The van der Waals surface area contributed by atoms with Gasteiger partial charge in [0.15, 0.2) is 0 Å². The number of piperidine rings is 1. The van der Waals surface area contributed by atoms with E-state index in [1.807, 2.05) is 0 Å². The number of aryl methyl sites for hydroxylation is 2. The highest BCUT2D eigenvalue weighted by atomic mass is 15.3. The van der Waals surface area contributed by atoms with Crippen molar-refractivity contribution in [2.75, 3.05) is 19.6 Å². The molecule has 0 radical (unpaired) electrons. The fourth-order valence-corrected chi connectivity index (χ4v) is 3.07. The number of hydrogen-bond donors (Lipinski definition) is 1. The topological polar surface area (TPSA) is 33.1 Å². The molecule has 0 bridgehead atoms. The van der Waals surface area contributed by atoms with Gasteiger partial charge >= 0.3 is 0 Å². The van der Waals surface area contributed by atoms with Crippen LogP contribution in [-0.2, 0) is 20.0 Å². The molecule has 1 aliphatic heterocycles. The van der Waals surface area contributed by atoms with Gasteiger partial charge in [0, 0.05) is 32.7 Å². The summed E-state index contributed by atoms with van der Waals surface area (Å²) in [6, 6.07) is 3.02. The van der Waals surface area contributed by atoms with Crippen molar-refractivity contribution in [1.82, 2.24) is 20.0 Å². The van der Waals surface area contributed by atoms with E-state index in [0.717, 1.165) is 24.9 Å². The predicted molar refractivity (Wildman–Crippen MR) is 81.6 cm³/mol. The summed E-state index contributed by atoms with van der Waals surface area (Å²) in [6.45, 7) is 6.91. The summed E-state index contributed by atoms with van der Waals surface area (Å²) in [5.74, 6) is 0.995. The summed E-state index contributed by atoms with van der Waals surface area (Å²) >= 11 is 0. The van der Waals surface area contributed by atoms with Crippen molar-refractivity contribution in [3.05, 3.63) is 17.5 Å². The van der Waals surface area contributed by atoms with Gasteiger partial charge in [0.25, 0.3) is 0 Å². The van der Waals surface area contributed by atoms with E-state index in [1.165, 1.54) is 56.7 Å². The summed E-state index contributed by atoms with van der Waals surface area (Å²) in [7, 11) is 2.07. The van der Waals surface area contributed by atoms with E-state index < -0.39 is 0 Å². The van der Waals surface area contributed by atoms with Crippen LogP contribution in [0.5, 0.6) is 0 Å². The summed E-state index contributed by atoms with van der Waals surface area (Å²) in [5.41, 5.74) is 2.56. The van der Waals surface area contributed by atoms with Crippen molar-refractivity contribution in [3.8, 4) is 0 Å². The van der Waals surface area contributed by atoms with Crippen LogP contribution in [0.4, 0.5) is 0 Å². The summed E-state index contributed by atoms with van der Waals surface area (Å²) < 4.78 is 2.05. The average Bonchev–Trinajstić information content (AvgIpc) is 3.23. The van der Waals surface area contributed by atoms with E-state index in [-0.39, 0.29) is 0 Å². The lowest BCUT2D eigenvalue weighted by molar-refractivity contribution is 0.186. The van der Waals surface area contributed by atoms with E-state index in [2.05, 4.69) is 40.0 Å². The predicted octanol–water partition coefficient (Wildman–Crippen LogP) is 1.95. The van der Waals surface area contributed by atoms with Crippen molar-refractivity contribution in [2.45, 2.75) is 51.6 Å². The van der Waals surface area contributed by atoms with E-state index in [0.29, 0.717) is 0 Å². The first kappa shape index (κ1) is 14.1. The lowest BCUT2D eigenvalue weighted by Gasteiger charge is -2.32. The minimum Gasteiger partial charge on any atom is -0.314 e. The van der Waals surface area contributed by atoms with Crippen molar-refractivity contribution in [3.63, 3.8) is 0 Å². The Morgan fingerprint density at radius 2 is 2.00 bits per heavy atom. The molecule has 20 heavy (non-hydrogen) atoms. The molecule has 0 atom stereocenters. The zero-order valence-electron chi connectivity index (χ0n) is 12.9. The van der Waals surface area contributed by atoms with Gasteiger partial charge in [-0.3, -0.25) is 9.58 Å². The summed E-state index contributed by atoms with van der Waals surface area (Å²) in [4.78, 5) is 2.58. The highest BCUT2D eigenvalue weighted by Crippen LogP contribution is 2.28. The Bertz CT molecular complexity index is 428. The number of rotatable bonds is 6. The Hall–Kier alpha value is -0.870. The van der Waals surface area contributed by atoms with Crippen LogP contribution in [-0.4, -0.2) is 40.4 Å². The zero-order chi connectivity index (χ0) is 13.9. The molecule has 1 aliphatic carbocycles. The van der Waals surface area contributed by atoms with Crippen LogP contribution >= 0.6 is 0 Å². The zero-order valence-corrected chi connectivity index (χ0v) is 12.9. The molecule has 1 saturated carbocycles. The van der Waals surface area contributed by atoms with Crippen molar-refractivity contribution in [1.29, 1.82) is 0 Å². The molecule has 112 valence electrons. The van der Waals surface area contributed by atoms with Crippen molar-refractivity contribution in [2.24, 2.45) is 13.0 Å². The van der Waals surface area contributed by atoms with Crippen molar-refractivity contribution < 1.29 is 0 Å². The third-order valence-corrected chi connectivity index (χ3v) is 4.75. The molecule has 2 fully saturated rings. The van der Waals surface area contributed by atoms with Crippen LogP contribution in [0.2, 0.25) is 0 Å². The van der Waals surface area contributed by atoms with Crippen molar-refractivity contribution >= 4 is 0 Å². The largest absolute Gasteiger partial charge is 0.314 e. The van der Waals surface area contributed by atoms with Crippen LogP contribution in [0.25, 0.3) is 0 Å². The van der Waals surface area contributed by atoms with Crippen LogP contribution in [0.1, 0.15) is 44.0 Å². The van der Waals surface area contributed by atoms with E-state index in [9.17, 15) is 0 Å². The minimum absolute atomic E-state index is 0.754. The Labute approximate surface area is 122 Å². The summed E-state index contributed by atoms with van der Waals surface area (Å²) in [6.07, 6.45) is 6.52. The first-order valence-corrected chi connectivity index (χ1v) is 8.22. The van der Waals surface area contributed by atoms with Crippen LogP contribution in [0.3, 0.4) is 0 Å². The van der Waals surface area contributed by atoms with Gasteiger partial charge in [-0.05, 0) is 50.6 Å². The van der Waals surface area contributed by atoms with Gasteiger partial charge in [0.1, 0.15) is 0 Å². The fraction of sp³-hybridized carbons (Fsp3) is 0.812. The maximum absolute atomic E-state index is 4.54. The molecule has 4 nitrogen and oxygen atoms in total. The molecule has 3 rings (SSSR count). The molecule has 1 aromatic rings. The number of nitrogens with one attached hydrogen (secondary N) is 1. The van der Waals surface area contributed by atoms with E-state index in [4.69, 9.17) is 0 Å². The highest BCUT2D eigenvalue weighted by Gasteiger charge is 2.24. The fourth-order valence-electron chi connectivity index (χ4n) is 3.07. The third-order valence-electron chi connectivity index (χ3n) is 4.75. The van der Waals surface area contributed by atoms with Gasteiger partial charge in [-0.25, -0.2) is 0 Å². The van der Waals surface area contributed by atoms with Gasteiger partial charge in [-0.2, -0.15) is 5.10 Å². The smallest absolute Gasteiger partial charge is 0.0625 e. The Balaban J connectivity index is 1.44. The molecule has 1 N–H and O–H groups in total. The molecule has 1 saturated heterocycles. The molecular weight excluding hydrogens is 248 g/mol. The third kappa shape index (κ3) is 3.61. The Morgan fingerprint density at radius 1 is 1.25 bits per heavy atom. The number of nitrogens with zero attached hydrogens (tertiary/aromatic N) is 3. The lowest BCUT2D eigenvalue weighted by atomic mass is 10.0. The summed E-state index contributed by atoms with van der Waals surface area (Å²) in [5, 5.41) is 8.29. The number of likely N-dealkylation sites (tertiary alicyclic amines) is 1. The minimum atomic E-state index is 0.754. The second kappa shape index (κ2) is 6.27. The molecule has 0 amide bonds. The van der Waals surface area contributed by atoms with Crippen LogP contribution in [0, 0.1) is 5.92 Å². The second-order valence-electron chi connectivity index (χ2n) is 6.51. The average molecular weight is 276 g/mol. The Kier molecular flexibility index (Phi) is 4.41. The standard InChI is InChI=1S/C16H28N4/c1-3-14-10-16(19(2)18-14)12-20-8-6-15(7-9-20)17-11-13-4-5-13/h10,13,15,17H,3-9,11-12H2,1-2H3. The monoisotopic (exact) mass is 276 g/mol. The molecule has 0 spiro atoms. The van der Waals surface area contributed by atoms with Gasteiger partial charge in [-0.15, -0.1) is 0 Å². The quantitative estimate of drug-likeness (QED) is 0.862. The lowest BCUT2D eigenvalue weighted by Crippen LogP contribution is -2.42. The maximum atomic E-state index is 4.54. The van der Waals surface area contributed by atoms with Gasteiger partial charge < -0.3 is 5.32 Å². The van der Waals surface area contributed by atoms with E-state index in [1.54, 1.807) is 0 Å². The Morgan fingerprint density at radius 3 is 2.60 bits per heavy atom. The normalized spacial score (nSPS) is 21.5. The SMILES string of the molecule is CCc1cc(CN2CCC(NCC3CC3)CC2)n(C)n1. The van der Waals surface area contributed by atoms with Crippen LogP contribution in [0.15, 0.2) is 6.07 Å². The van der Waals surface area contributed by atoms with Gasteiger partial charge in [0.2, 0.25) is 0 Å². The van der Waals surface area contributed by atoms with Gasteiger partial charge in [-0.1, -0.05) is 6.92 Å². The molecule has 2 heterocycles. The molecular formula is C16H28N4. The molecule has 0 aromatic carbocycles. The first-order valence-electron chi connectivity index (χ1n) is 8.22. The van der Waals surface area contributed by atoms with Crippen LogP contribution < -0.4 is 5.32 Å². The second-order valence-corrected chi connectivity index (χ2v) is 6.51. The molecule has 2 aliphatic rings. The molecule has 4 heteroatoms. The molecule has 1 aromatic heterocycles. The molecule has 0 unspecified atom stereocenters. The van der Waals surface area contributed by atoms with Gasteiger partial charge in [0.05, 0.1) is 11.4 Å². The maximum Gasteiger partial charge on any atom is 0.0625 e. The highest BCUT2D eigenvalue weighted by molar-refractivity contribution is 5.10.